The topological polar surface area (TPSA) is 87.0 Å². The average molecular weight is 288 g/mol. The number of benzene rings is 1. The second-order valence-electron chi connectivity index (χ2n) is 4.48. The highest BCUT2D eigenvalue weighted by Crippen LogP contribution is 2.33. The first-order valence-corrected chi connectivity index (χ1v) is 6.85. The lowest BCUT2D eigenvalue weighted by molar-refractivity contribution is -0.384. The zero-order valence-electron chi connectivity index (χ0n) is 10.7. The van der Waals surface area contributed by atoms with E-state index in [0.29, 0.717) is 0 Å². The maximum Gasteiger partial charge on any atom is 0.330 e. The van der Waals surface area contributed by atoms with E-state index >= 15 is 0 Å². The van der Waals surface area contributed by atoms with Gasteiger partial charge in [-0.1, -0.05) is 18.2 Å². The molecule has 0 saturated carbocycles. The minimum Gasteiger partial charge on any atom is -0.378 e. The molecule has 0 radical (unpaired) electrons. The normalized spacial score (nSPS) is 12.7. The van der Waals surface area contributed by atoms with Gasteiger partial charge in [0.25, 0.3) is 0 Å². The van der Waals surface area contributed by atoms with E-state index in [9.17, 15) is 10.1 Å². The van der Waals surface area contributed by atoms with Crippen molar-refractivity contribution in [3.63, 3.8) is 0 Å². The molecule has 1 aromatic carbocycles. The monoisotopic (exact) mass is 288 g/mol. The Morgan fingerprint density at radius 3 is 2.85 bits per heavy atom. The van der Waals surface area contributed by atoms with Crippen LogP contribution in [-0.4, -0.2) is 14.7 Å². The number of nitrogens with two attached hydrogens (primary N) is 1. The Hall–Kier alpha value is -2.41. The van der Waals surface area contributed by atoms with Gasteiger partial charge in [0, 0.05) is 9.58 Å². The largest absolute Gasteiger partial charge is 0.378 e. The minimum atomic E-state index is -0.517. The number of nitro groups is 1. The van der Waals surface area contributed by atoms with E-state index in [4.69, 9.17) is 5.73 Å². The van der Waals surface area contributed by atoms with Crippen LogP contribution in [0.4, 0.5) is 11.5 Å². The lowest BCUT2D eigenvalue weighted by atomic mass is 10.2. The summed E-state index contributed by atoms with van der Waals surface area (Å²) in [6, 6.07) is 9.98. The molecule has 0 aliphatic rings. The summed E-state index contributed by atoms with van der Waals surface area (Å²) in [5.74, 6) is 0.0833. The van der Waals surface area contributed by atoms with Gasteiger partial charge in [-0.2, -0.15) is 5.10 Å². The van der Waals surface area contributed by atoms with Crippen LogP contribution in [0.3, 0.4) is 0 Å². The number of hydrogen-bond acceptors (Lipinski definition) is 5. The van der Waals surface area contributed by atoms with Crippen LogP contribution in [0, 0.1) is 10.1 Å². The molecule has 0 aliphatic heterocycles. The van der Waals surface area contributed by atoms with Gasteiger partial charge in [-0.05, 0) is 24.4 Å². The van der Waals surface area contributed by atoms with E-state index in [0.717, 1.165) is 10.3 Å². The Morgan fingerprint density at radius 2 is 2.20 bits per heavy atom. The lowest BCUT2D eigenvalue weighted by Crippen LogP contribution is -2.10. The summed E-state index contributed by atoms with van der Waals surface area (Å²) >= 11 is 1.64. The smallest absolute Gasteiger partial charge is 0.330 e. The Morgan fingerprint density at radius 1 is 1.45 bits per heavy atom. The number of thiophene rings is 1. The van der Waals surface area contributed by atoms with Crippen LogP contribution >= 0.6 is 11.3 Å². The summed E-state index contributed by atoms with van der Waals surface area (Å²) in [5.41, 5.74) is 5.65. The lowest BCUT2D eigenvalue weighted by Gasteiger charge is -2.10. The van der Waals surface area contributed by atoms with Crippen LogP contribution in [0.15, 0.2) is 36.5 Å². The molecule has 6 nitrogen and oxygen atoms in total. The van der Waals surface area contributed by atoms with Crippen LogP contribution in [0.25, 0.3) is 10.1 Å². The second-order valence-corrected chi connectivity index (χ2v) is 5.59. The molecule has 2 heterocycles. The van der Waals surface area contributed by atoms with Crippen molar-refractivity contribution in [2.75, 3.05) is 5.73 Å². The molecule has 3 rings (SSSR count). The van der Waals surface area contributed by atoms with Crippen LogP contribution < -0.4 is 5.73 Å². The first-order chi connectivity index (χ1) is 9.58. The van der Waals surface area contributed by atoms with E-state index in [1.165, 1.54) is 15.6 Å². The third-order valence-electron chi connectivity index (χ3n) is 3.23. The number of fused-ring (bicyclic) bond motifs is 1. The third kappa shape index (κ3) is 1.92. The summed E-state index contributed by atoms with van der Waals surface area (Å²) in [5, 5.41) is 16.0. The fourth-order valence-electron chi connectivity index (χ4n) is 2.14. The van der Waals surface area contributed by atoms with E-state index in [1.807, 2.05) is 31.2 Å². The molecule has 2 aromatic heterocycles. The first-order valence-electron chi connectivity index (χ1n) is 6.04. The molecular weight excluding hydrogens is 276 g/mol. The van der Waals surface area contributed by atoms with Gasteiger partial charge in [0.15, 0.2) is 0 Å². The van der Waals surface area contributed by atoms with Gasteiger partial charge in [-0.15, -0.1) is 11.3 Å². The van der Waals surface area contributed by atoms with Crippen LogP contribution in [0.5, 0.6) is 0 Å². The SMILES string of the molecule is CC(c1cc2ccccc2s1)n1ncc([N+](=O)[O-])c1N. The first kappa shape index (κ1) is 12.6. The third-order valence-corrected chi connectivity index (χ3v) is 4.52. The van der Waals surface area contributed by atoms with Crippen molar-refractivity contribution in [1.29, 1.82) is 0 Å². The predicted molar refractivity (Wildman–Crippen MR) is 78.9 cm³/mol. The number of anilines is 1. The average Bonchev–Trinajstić information content (AvgIpc) is 3.01. The van der Waals surface area contributed by atoms with Crippen molar-refractivity contribution in [2.45, 2.75) is 13.0 Å². The van der Waals surface area contributed by atoms with Gasteiger partial charge in [0.05, 0.1) is 11.0 Å². The molecular formula is C13H12N4O2S. The number of nitrogen functional groups attached to an aromatic ring is 1. The molecule has 0 aliphatic carbocycles. The fraction of sp³-hybridized carbons (Fsp3) is 0.154. The van der Waals surface area contributed by atoms with Gasteiger partial charge in [-0.3, -0.25) is 10.1 Å². The van der Waals surface area contributed by atoms with Crippen molar-refractivity contribution in [1.82, 2.24) is 9.78 Å². The molecule has 0 saturated heterocycles. The van der Waals surface area contributed by atoms with E-state index < -0.39 is 4.92 Å². The highest BCUT2D eigenvalue weighted by atomic mass is 32.1. The number of nitrogens with zero attached hydrogens (tertiary/aromatic N) is 3. The number of hydrogen-bond donors (Lipinski definition) is 1. The molecule has 1 atom stereocenters. The summed E-state index contributed by atoms with van der Waals surface area (Å²) in [6.07, 6.45) is 1.19. The summed E-state index contributed by atoms with van der Waals surface area (Å²) < 4.78 is 2.66. The van der Waals surface area contributed by atoms with E-state index in [-0.39, 0.29) is 17.5 Å². The number of aromatic nitrogens is 2. The van der Waals surface area contributed by atoms with E-state index in [2.05, 4.69) is 11.2 Å². The molecule has 0 bridgehead atoms. The fourth-order valence-corrected chi connectivity index (χ4v) is 3.24. The van der Waals surface area contributed by atoms with Gasteiger partial charge in [0.2, 0.25) is 5.82 Å². The minimum absolute atomic E-state index is 0.0833. The molecule has 3 aromatic rings. The van der Waals surface area contributed by atoms with Crippen LogP contribution in [0.2, 0.25) is 0 Å². The zero-order valence-corrected chi connectivity index (χ0v) is 11.5. The van der Waals surface area contributed by atoms with Gasteiger partial charge in [0.1, 0.15) is 6.20 Å². The molecule has 1 unspecified atom stereocenters. The number of rotatable bonds is 3. The predicted octanol–water partition coefficient (Wildman–Crippen LogP) is 3.20. The molecule has 102 valence electrons. The summed E-state index contributed by atoms with van der Waals surface area (Å²) in [6.45, 7) is 1.93. The molecule has 2 N–H and O–H groups in total. The standard InChI is InChI=1S/C13H12N4O2S/c1-8(16-13(14)10(7-15-16)17(18)19)12-6-9-4-2-3-5-11(9)20-12/h2-8H,14H2,1H3. The van der Waals surface area contributed by atoms with Crippen molar-refractivity contribution >= 4 is 32.9 Å². The van der Waals surface area contributed by atoms with Gasteiger partial charge < -0.3 is 5.73 Å². The van der Waals surface area contributed by atoms with Crippen LogP contribution in [-0.2, 0) is 0 Å². The Bertz CT molecular complexity index is 760. The molecule has 0 amide bonds. The van der Waals surface area contributed by atoms with Crippen molar-refractivity contribution in [3.8, 4) is 0 Å². The highest BCUT2D eigenvalue weighted by molar-refractivity contribution is 7.19. The van der Waals surface area contributed by atoms with Gasteiger partial charge >= 0.3 is 5.69 Å². The zero-order chi connectivity index (χ0) is 14.3. The van der Waals surface area contributed by atoms with Crippen molar-refractivity contribution in [2.24, 2.45) is 0 Å². The molecule has 0 spiro atoms. The second kappa shape index (κ2) is 4.61. The van der Waals surface area contributed by atoms with Crippen molar-refractivity contribution in [3.05, 3.63) is 51.5 Å². The molecule has 7 heteroatoms. The quantitative estimate of drug-likeness (QED) is 0.592. The highest BCUT2D eigenvalue weighted by Gasteiger charge is 2.22. The summed E-state index contributed by atoms with van der Waals surface area (Å²) in [4.78, 5) is 11.4. The van der Waals surface area contributed by atoms with Crippen molar-refractivity contribution < 1.29 is 4.92 Å². The van der Waals surface area contributed by atoms with Gasteiger partial charge in [-0.25, -0.2) is 4.68 Å². The Labute approximate surface area is 118 Å². The Balaban J connectivity index is 2.03. The van der Waals surface area contributed by atoms with E-state index in [1.54, 1.807) is 11.3 Å². The molecule has 0 fully saturated rings. The maximum absolute atomic E-state index is 10.8. The maximum atomic E-state index is 10.8. The summed E-state index contributed by atoms with van der Waals surface area (Å²) in [7, 11) is 0. The van der Waals surface area contributed by atoms with Crippen LogP contribution in [0.1, 0.15) is 17.8 Å². The molecule has 20 heavy (non-hydrogen) atoms. The Kier molecular flexibility index (Phi) is 2.90.